The number of nitrogens with one attached hydrogen (secondary N) is 1. The second-order valence-electron chi connectivity index (χ2n) is 6.77. The maximum atomic E-state index is 6.24. The standard InChI is InChI=1S/C15H29NO3.C2H6/c1-6-14(7-2)11-15(10-13(3,4)16-14)18-9-12(19-15)8-17-5;1-2/h12,16H,6-11H2,1-5H3;1-2H3. The van der Waals surface area contributed by atoms with E-state index in [1.165, 1.54) is 0 Å². The van der Waals surface area contributed by atoms with Crippen LogP contribution in [-0.2, 0) is 14.2 Å². The van der Waals surface area contributed by atoms with E-state index < -0.39 is 5.79 Å². The molecule has 0 amide bonds. The smallest absolute Gasteiger partial charge is 0.172 e. The summed E-state index contributed by atoms with van der Waals surface area (Å²) in [6, 6.07) is 0. The molecule has 0 radical (unpaired) electrons. The molecule has 21 heavy (non-hydrogen) atoms. The van der Waals surface area contributed by atoms with Crippen molar-refractivity contribution in [3.05, 3.63) is 0 Å². The number of hydrogen-bond donors (Lipinski definition) is 1. The van der Waals surface area contributed by atoms with Crippen molar-refractivity contribution in [1.29, 1.82) is 0 Å². The molecule has 0 aromatic carbocycles. The zero-order chi connectivity index (χ0) is 16.1. The minimum absolute atomic E-state index is 0.0340. The Morgan fingerprint density at radius 1 is 1.14 bits per heavy atom. The van der Waals surface area contributed by atoms with E-state index in [2.05, 4.69) is 33.0 Å². The van der Waals surface area contributed by atoms with Gasteiger partial charge >= 0.3 is 0 Å². The average molecular weight is 301 g/mol. The Morgan fingerprint density at radius 3 is 2.29 bits per heavy atom. The summed E-state index contributed by atoms with van der Waals surface area (Å²) in [6.07, 6.45) is 4.08. The number of ether oxygens (including phenoxy) is 3. The summed E-state index contributed by atoms with van der Waals surface area (Å²) in [6.45, 7) is 14.2. The van der Waals surface area contributed by atoms with E-state index in [0.29, 0.717) is 13.2 Å². The fourth-order valence-corrected chi connectivity index (χ4v) is 3.80. The van der Waals surface area contributed by atoms with Crippen molar-refractivity contribution in [3.8, 4) is 0 Å². The first-order valence-corrected chi connectivity index (χ1v) is 8.48. The predicted octanol–water partition coefficient (Wildman–Crippen LogP) is 3.49. The van der Waals surface area contributed by atoms with E-state index in [9.17, 15) is 0 Å². The van der Waals surface area contributed by atoms with Crippen LogP contribution >= 0.6 is 0 Å². The molecule has 0 aromatic heterocycles. The van der Waals surface area contributed by atoms with Crippen LogP contribution in [0.4, 0.5) is 0 Å². The van der Waals surface area contributed by atoms with E-state index in [4.69, 9.17) is 14.2 Å². The summed E-state index contributed by atoms with van der Waals surface area (Å²) in [4.78, 5) is 0. The topological polar surface area (TPSA) is 39.7 Å². The van der Waals surface area contributed by atoms with Crippen LogP contribution in [0.2, 0.25) is 0 Å². The van der Waals surface area contributed by atoms with Crippen molar-refractivity contribution < 1.29 is 14.2 Å². The van der Waals surface area contributed by atoms with Crippen LogP contribution in [0.5, 0.6) is 0 Å². The molecule has 2 rings (SSSR count). The molecule has 2 fully saturated rings. The zero-order valence-electron chi connectivity index (χ0n) is 15.0. The minimum atomic E-state index is -0.427. The Labute approximate surface area is 130 Å². The number of methoxy groups -OCH3 is 1. The highest BCUT2D eigenvalue weighted by Gasteiger charge is 2.54. The third-order valence-electron chi connectivity index (χ3n) is 4.54. The Bertz CT molecular complexity index is 315. The Balaban J connectivity index is 0.00000106. The average Bonchev–Trinajstić information content (AvgIpc) is 2.81. The molecule has 2 saturated heterocycles. The lowest BCUT2D eigenvalue weighted by molar-refractivity contribution is -0.221. The summed E-state index contributed by atoms with van der Waals surface area (Å²) in [5.74, 6) is -0.427. The summed E-state index contributed by atoms with van der Waals surface area (Å²) in [5, 5.41) is 3.81. The Morgan fingerprint density at radius 2 is 1.76 bits per heavy atom. The summed E-state index contributed by atoms with van der Waals surface area (Å²) in [5.41, 5.74) is 0.149. The molecular weight excluding hydrogens is 266 g/mol. The Hall–Kier alpha value is -0.160. The molecule has 2 heterocycles. The molecule has 2 atom stereocenters. The van der Waals surface area contributed by atoms with Gasteiger partial charge in [-0.05, 0) is 26.7 Å². The molecule has 1 spiro atoms. The van der Waals surface area contributed by atoms with Gasteiger partial charge in [0.1, 0.15) is 6.10 Å². The highest BCUT2D eigenvalue weighted by atomic mass is 16.8. The fraction of sp³-hybridized carbons (Fsp3) is 1.00. The molecular formula is C17H35NO3. The minimum Gasteiger partial charge on any atom is -0.382 e. The first kappa shape index (κ1) is 18.9. The molecule has 0 aromatic rings. The molecule has 2 unspecified atom stereocenters. The van der Waals surface area contributed by atoms with Gasteiger partial charge in [-0.15, -0.1) is 0 Å². The molecule has 1 N–H and O–H groups in total. The van der Waals surface area contributed by atoms with Crippen LogP contribution in [0.15, 0.2) is 0 Å². The highest BCUT2D eigenvalue weighted by molar-refractivity contribution is 5.05. The van der Waals surface area contributed by atoms with Gasteiger partial charge in [-0.1, -0.05) is 27.7 Å². The lowest BCUT2D eigenvalue weighted by Crippen LogP contribution is -2.65. The molecule has 2 aliphatic rings. The molecule has 0 saturated carbocycles. The Kier molecular flexibility index (Phi) is 6.66. The van der Waals surface area contributed by atoms with Crippen LogP contribution in [-0.4, -0.2) is 43.3 Å². The van der Waals surface area contributed by atoms with Gasteiger partial charge in [0.2, 0.25) is 0 Å². The first-order valence-electron chi connectivity index (χ1n) is 8.48. The summed E-state index contributed by atoms with van der Waals surface area (Å²) < 4.78 is 17.5. The lowest BCUT2D eigenvalue weighted by Gasteiger charge is -2.52. The van der Waals surface area contributed by atoms with Gasteiger partial charge in [-0.25, -0.2) is 0 Å². The molecule has 0 aliphatic carbocycles. The summed E-state index contributed by atoms with van der Waals surface area (Å²) >= 11 is 0. The second-order valence-corrected chi connectivity index (χ2v) is 6.77. The van der Waals surface area contributed by atoms with E-state index in [1.54, 1.807) is 7.11 Å². The fourth-order valence-electron chi connectivity index (χ4n) is 3.80. The van der Waals surface area contributed by atoms with Crippen LogP contribution < -0.4 is 5.32 Å². The van der Waals surface area contributed by atoms with Gasteiger partial charge in [0, 0.05) is 31.0 Å². The van der Waals surface area contributed by atoms with Gasteiger partial charge in [0.25, 0.3) is 0 Å². The maximum absolute atomic E-state index is 6.24. The van der Waals surface area contributed by atoms with E-state index in [0.717, 1.165) is 25.7 Å². The van der Waals surface area contributed by atoms with Crippen molar-refractivity contribution >= 4 is 0 Å². The van der Waals surface area contributed by atoms with Gasteiger partial charge in [-0.2, -0.15) is 0 Å². The first-order chi connectivity index (χ1) is 9.88. The zero-order valence-corrected chi connectivity index (χ0v) is 15.0. The third-order valence-corrected chi connectivity index (χ3v) is 4.54. The quantitative estimate of drug-likeness (QED) is 0.863. The van der Waals surface area contributed by atoms with Crippen LogP contribution in [0.25, 0.3) is 0 Å². The predicted molar refractivity (Wildman–Crippen MR) is 86.5 cm³/mol. The van der Waals surface area contributed by atoms with Gasteiger partial charge < -0.3 is 19.5 Å². The monoisotopic (exact) mass is 301 g/mol. The second kappa shape index (κ2) is 7.40. The molecule has 0 bridgehead atoms. The van der Waals surface area contributed by atoms with Crippen molar-refractivity contribution in [2.24, 2.45) is 0 Å². The number of rotatable bonds is 4. The molecule has 4 nitrogen and oxygen atoms in total. The van der Waals surface area contributed by atoms with Crippen LogP contribution in [0, 0.1) is 0 Å². The van der Waals surface area contributed by atoms with Crippen LogP contribution in [0.3, 0.4) is 0 Å². The molecule has 2 aliphatic heterocycles. The largest absolute Gasteiger partial charge is 0.382 e. The number of piperidine rings is 1. The van der Waals surface area contributed by atoms with Gasteiger partial charge in [-0.3, -0.25) is 0 Å². The van der Waals surface area contributed by atoms with Crippen molar-refractivity contribution in [2.75, 3.05) is 20.3 Å². The van der Waals surface area contributed by atoms with E-state index in [1.807, 2.05) is 13.8 Å². The highest BCUT2D eigenvalue weighted by Crippen LogP contribution is 2.45. The van der Waals surface area contributed by atoms with Crippen molar-refractivity contribution in [2.45, 2.75) is 90.2 Å². The third kappa shape index (κ3) is 4.41. The molecule has 4 heteroatoms. The van der Waals surface area contributed by atoms with Gasteiger partial charge in [0.05, 0.1) is 13.2 Å². The maximum Gasteiger partial charge on any atom is 0.172 e. The van der Waals surface area contributed by atoms with E-state index >= 15 is 0 Å². The molecule has 126 valence electrons. The van der Waals surface area contributed by atoms with Crippen molar-refractivity contribution in [1.82, 2.24) is 5.32 Å². The van der Waals surface area contributed by atoms with Crippen molar-refractivity contribution in [3.63, 3.8) is 0 Å². The summed E-state index contributed by atoms with van der Waals surface area (Å²) in [7, 11) is 1.71. The normalized spacial score (nSPS) is 33.6. The lowest BCUT2D eigenvalue weighted by atomic mass is 9.74. The number of hydrogen-bond acceptors (Lipinski definition) is 4. The van der Waals surface area contributed by atoms with Crippen LogP contribution in [0.1, 0.15) is 67.2 Å². The van der Waals surface area contributed by atoms with Gasteiger partial charge in [0.15, 0.2) is 5.79 Å². The SMILES string of the molecule is CC.CCC1(CC)CC2(CC(C)(C)N1)OCC(COC)O2. The van der Waals surface area contributed by atoms with E-state index in [-0.39, 0.29) is 17.2 Å².